The molecule has 0 aliphatic carbocycles. The second-order valence-electron chi connectivity index (χ2n) is 3.93. The van der Waals surface area contributed by atoms with Gasteiger partial charge in [0.2, 0.25) is 0 Å². The van der Waals surface area contributed by atoms with Crippen molar-refractivity contribution in [3.05, 3.63) is 48.6 Å². The first-order valence-corrected chi connectivity index (χ1v) is 5.63. The van der Waals surface area contributed by atoms with Crippen LogP contribution in [0.3, 0.4) is 0 Å². The highest BCUT2D eigenvalue weighted by Gasteiger charge is 2.07. The SMILES string of the molecule is C=C(C#N)CNc1c(OC)ccc2ccccc12. The molecule has 0 amide bonds. The zero-order valence-corrected chi connectivity index (χ0v) is 10.2. The third-order valence-electron chi connectivity index (χ3n) is 2.75. The van der Waals surface area contributed by atoms with Crippen LogP contribution in [0, 0.1) is 11.3 Å². The van der Waals surface area contributed by atoms with Crippen molar-refractivity contribution in [3.63, 3.8) is 0 Å². The van der Waals surface area contributed by atoms with E-state index in [0.717, 1.165) is 22.2 Å². The third kappa shape index (κ3) is 2.28. The van der Waals surface area contributed by atoms with Gasteiger partial charge in [-0.2, -0.15) is 5.26 Å². The standard InChI is InChI=1S/C15H14N2O/c1-11(9-16)10-17-15-13-6-4-3-5-12(13)7-8-14(15)18-2/h3-8,17H,1,10H2,2H3. The summed E-state index contributed by atoms with van der Waals surface area (Å²) in [6.07, 6.45) is 0. The lowest BCUT2D eigenvalue weighted by atomic mass is 10.1. The van der Waals surface area contributed by atoms with E-state index < -0.39 is 0 Å². The Morgan fingerprint density at radius 3 is 2.83 bits per heavy atom. The van der Waals surface area contributed by atoms with Crippen LogP contribution in [-0.4, -0.2) is 13.7 Å². The average Bonchev–Trinajstić information content (AvgIpc) is 2.44. The number of methoxy groups -OCH3 is 1. The maximum Gasteiger partial charge on any atom is 0.142 e. The highest BCUT2D eigenvalue weighted by Crippen LogP contribution is 2.33. The average molecular weight is 238 g/mol. The maximum absolute atomic E-state index is 8.73. The van der Waals surface area contributed by atoms with Crippen molar-refractivity contribution in [1.29, 1.82) is 5.26 Å². The molecule has 0 spiro atoms. The molecule has 3 nitrogen and oxygen atoms in total. The summed E-state index contributed by atoms with van der Waals surface area (Å²) in [5.74, 6) is 0.763. The van der Waals surface area contributed by atoms with Crippen molar-refractivity contribution in [3.8, 4) is 11.8 Å². The molecular formula is C15H14N2O. The van der Waals surface area contributed by atoms with Crippen molar-refractivity contribution in [1.82, 2.24) is 0 Å². The fraction of sp³-hybridized carbons (Fsp3) is 0.133. The largest absolute Gasteiger partial charge is 0.495 e. The van der Waals surface area contributed by atoms with Crippen molar-refractivity contribution < 1.29 is 4.74 Å². The Balaban J connectivity index is 2.45. The lowest BCUT2D eigenvalue weighted by Crippen LogP contribution is -2.05. The van der Waals surface area contributed by atoms with E-state index in [-0.39, 0.29) is 0 Å². The molecule has 0 saturated heterocycles. The van der Waals surface area contributed by atoms with Gasteiger partial charge >= 0.3 is 0 Å². The van der Waals surface area contributed by atoms with Crippen LogP contribution in [0.15, 0.2) is 48.6 Å². The summed E-state index contributed by atoms with van der Waals surface area (Å²) in [5, 5.41) is 14.1. The van der Waals surface area contributed by atoms with E-state index in [1.165, 1.54) is 0 Å². The molecule has 0 aliphatic heterocycles. The number of benzene rings is 2. The number of nitriles is 1. The van der Waals surface area contributed by atoms with Gasteiger partial charge in [-0.15, -0.1) is 0 Å². The van der Waals surface area contributed by atoms with Crippen molar-refractivity contribution >= 4 is 16.5 Å². The van der Waals surface area contributed by atoms with Gasteiger partial charge in [0.05, 0.1) is 18.9 Å². The molecular weight excluding hydrogens is 224 g/mol. The van der Waals surface area contributed by atoms with Crippen LogP contribution in [-0.2, 0) is 0 Å². The number of rotatable bonds is 4. The number of anilines is 1. The van der Waals surface area contributed by atoms with Gasteiger partial charge in [0, 0.05) is 17.5 Å². The number of ether oxygens (including phenoxy) is 1. The molecule has 0 bridgehead atoms. The highest BCUT2D eigenvalue weighted by molar-refractivity contribution is 5.97. The van der Waals surface area contributed by atoms with E-state index >= 15 is 0 Å². The van der Waals surface area contributed by atoms with E-state index in [0.29, 0.717) is 12.1 Å². The molecule has 0 aromatic heterocycles. The van der Waals surface area contributed by atoms with Crippen LogP contribution in [0.25, 0.3) is 10.8 Å². The number of nitrogens with one attached hydrogen (secondary N) is 1. The Bertz CT molecular complexity index is 626. The predicted molar refractivity (Wildman–Crippen MR) is 73.7 cm³/mol. The summed E-state index contributed by atoms with van der Waals surface area (Å²) in [5.41, 5.74) is 1.39. The predicted octanol–water partition coefficient (Wildman–Crippen LogP) is 3.34. The molecule has 0 radical (unpaired) electrons. The number of fused-ring (bicyclic) bond motifs is 1. The first kappa shape index (κ1) is 12.0. The first-order chi connectivity index (χ1) is 8.76. The monoisotopic (exact) mass is 238 g/mol. The van der Waals surface area contributed by atoms with Gasteiger partial charge in [0.25, 0.3) is 0 Å². The lowest BCUT2D eigenvalue weighted by Gasteiger charge is -2.13. The Morgan fingerprint density at radius 2 is 2.11 bits per heavy atom. The summed E-state index contributed by atoms with van der Waals surface area (Å²) in [6, 6.07) is 14.0. The minimum Gasteiger partial charge on any atom is -0.495 e. The number of hydrogen-bond donors (Lipinski definition) is 1. The fourth-order valence-electron chi connectivity index (χ4n) is 1.84. The molecule has 2 rings (SSSR count). The van der Waals surface area contributed by atoms with Crippen molar-refractivity contribution in [2.24, 2.45) is 0 Å². The Hall–Kier alpha value is -2.47. The smallest absolute Gasteiger partial charge is 0.142 e. The molecule has 0 unspecified atom stereocenters. The Labute approximate surface area is 106 Å². The lowest BCUT2D eigenvalue weighted by molar-refractivity contribution is 0.417. The quantitative estimate of drug-likeness (QED) is 0.831. The van der Waals surface area contributed by atoms with Gasteiger partial charge in [0.15, 0.2) is 0 Å². The van der Waals surface area contributed by atoms with E-state index in [2.05, 4.69) is 11.9 Å². The maximum atomic E-state index is 8.73. The highest BCUT2D eigenvalue weighted by atomic mass is 16.5. The van der Waals surface area contributed by atoms with Gasteiger partial charge in [-0.05, 0) is 11.5 Å². The molecule has 2 aromatic rings. The van der Waals surface area contributed by atoms with Crippen LogP contribution in [0.4, 0.5) is 5.69 Å². The molecule has 0 atom stereocenters. The van der Waals surface area contributed by atoms with Crippen molar-refractivity contribution in [2.75, 3.05) is 19.0 Å². The molecule has 0 heterocycles. The van der Waals surface area contributed by atoms with Crippen LogP contribution < -0.4 is 10.1 Å². The minimum atomic E-state index is 0.418. The van der Waals surface area contributed by atoms with Gasteiger partial charge in [-0.1, -0.05) is 36.9 Å². The summed E-state index contributed by atoms with van der Waals surface area (Å²) < 4.78 is 5.34. The number of nitrogens with zero attached hydrogens (tertiary/aromatic N) is 1. The summed E-state index contributed by atoms with van der Waals surface area (Å²) in [4.78, 5) is 0. The normalized spacial score (nSPS) is 9.78. The second kappa shape index (κ2) is 5.24. The Morgan fingerprint density at radius 1 is 1.33 bits per heavy atom. The molecule has 18 heavy (non-hydrogen) atoms. The summed E-state index contributed by atoms with van der Waals surface area (Å²) in [6.45, 7) is 4.08. The molecule has 3 heteroatoms. The van der Waals surface area contributed by atoms with Crippen LogP contribution >= 0.6 is 0 Å². The van der Waals surface area contributed by atoms with E-state index in [4.69, 9.17) is 10.00 Å². The molecule has 90 valence electrons. The van der Waals surface area contributed by atoms with Crippen LogP contribution in [0.2, 0.25) is 0 Å². The van der Waals surface area contributed by atoms with Gasteiger partial charge < -0.3 is 10.1 Å². The molecule has 0 saturated carbocycles. The molecule has 1 N–H and O–H groups in total. The zero-order chi connectivity index (χ0) is 13.0. The summed E-state index contributed by atoms with van der Waals surface area (Å²) in [7, 11) is 1.63. The molecule has 0 fully saturated rings. The van der Waals surface area contributed by atoms with E-state index in [9.17, 15) is 0 Å². The topological polar surface area (TPSA) is 45.0 Å². The Kier molecular flexibility index (Phi) is 3.49. The first-order valence-electron chi connectivity index (χ1n) is 5.63. The second-order valence-corrected chi connectivity index (χ2v) is 3.93. The van der Waals surface area contributed by atoms with E-state index in [1.54, 1.807) is 7.11 Å². The van der Waals surface area contributed by atoms with Gasteiger partial charge in [0.1, 0.15) is 5.75 Å². The molecule has 0 aliphatic rings. The molecule has 2 aromatic carbocycles. The van der Waals surface area contributed by atoms with Crippen LogP contribution in [0.1, 0.15) is 0 Å². The summed E-state index contributed by atoms with van der Waals surface area (Å²) >= 11 is 0. The van der Waals surface area contributed by atoms with Gasteiger partial charge in [-0.3, -0.25) is 0 Å². The van der Waals surface area contributed by atoms with Crippen molar-refractivity contribution in [2.45, 2.75) is 0 Å². The fourth-order valence-corrected chi connectivity index (χ4v) is 1.84. The van der Waals surface area contributed by atoms with Gasteiger partial charge in [-0.25, -0.2) is 0 Å². The van der Waals surface area contributed by atoms with E-state index in [1.807, 2.05) is 42.5 Å². The minimum absolute atomic E-state index is 0.418. The zero-order valence-electron chi connectivity index (χ0n) is 10.2. The number of hydrogen-bond acceptors (Lipinski definition) is 3. The van der Waals surface area contributed by atoms with Crippen LogP contribution in [0.5, 0.6) is 5.75 Å². The third-order valence-corrected chi connectivity index (χ3v) is 2.75.